The molecule has 1 aromatic rings. The van der Waals surface area contributed by atoms with E-state index in [2.05, 4.69) is 4.72 Å². The SMILES string of the molecule is CCCOc1ccc(S(=O)(=O)N[C@H](CC(C)C)C(=O)O)cc1. The Hall–Kier alpha value is -1.60. The van der Waals surface area contributed by atoms with Gasteiger partial charge in [0.1, 0.15) is 11.8 Å². The predicted molar refractivity (Wildman–Crippen MR) is 83.4 cm³/mol. The fourth-order valence-corrected chi connectivity index (χ4v) is 3.06. The Bertz CT molecular complexity index is 580. The normalized spacial score (nSPS) is 13.1. The third-order valence-electron chi connectivity index (χ3n) is 2.91. The van der Waals surface area contributed by atoms with Crippen molar-refractivity contribution < 1.29 is 23.1 Å². The van der Waals surface area contributed by atoms with Gasteiger partial charge in [-0.1, -0.05) is 20.8 Å². The average Bonchev–Trinajstić information content (AvgIpc) is 2.44. The molecular weight excluding hydrogens is 306 g/mol. The number of hydrogen-bond acceptors (Lipinski definition) is 4. The maximum Gasteiger partial charge on any atom is 0.321 e. The van der Waals surface area contributed by atoms with Crippen molar-refractivity contribution in [2.75, 3.05) is 6.61 Å². The number of carboxylic acid groups (broad SMARTS) is 1. The number of ether oxygens (including phenoxy) is 1. The second kappa shape index (κ2) is 8.14. The molecule has 0 aliphatic rings. The van der Waals surface area contributed by atoms with Crippen LogP contribution in [-0.4, -0.2) is 32.1 Å². The number of benzene rings is 1. The summed E-state index contributed by atoms with van der Waals surface area (Å²) in [5, 5.41) is 9.13. The van der Waals surface area contributed by atoms with Crippen LogP contribution in [-0.2, 0) is 14.8 Å². The van der Waals surface area contributed by atoms with Crippen LogP contribution in [0.15, 0.2) is 29.2 Å². The summed E-state index contributed by atoms with van der Waals surface area (Å²) in [6.45, 7) is 6.21. The zero-order valence-electron chi connectivity index (χ0n) is 13.1. The summed E-state index contributed by atoms with van der Waals surface area (Å²) >= 11 is 0. The van der Waals surface area contributed by atoms with E-state index in [-0.39, 0.29) is 17.2 Å². The van der Waals surface area contributed by atoms with Crippen LogP contribution in [0.4, 0.5) is 0 Å². The molecule has 0 spiro atoms. The number of carbonyl (C=O) groups is 1. The second-order valence-corrected chi connectivity index (χ2v) is 7.18. The van der Waals surface area contributed by atoms with Crippen molar-refractivity contribution in [1.29, 1.82) is 0 Å². The van der Waals surface area contributed by atoms with Crippen LogP contribution in [0.25, 0.3) is 0 Å². The fraction of sp³-hybridized carbons (Fsp3) is 0.533. The van der Waals surface area contributed by atoms with E-state index in [1.165, 1.54) is 12.1 Å². The molecule has 1 aromatic carbocycles. The van der Waals surface area contributed by atoms with E-state index in [1.807, 2.05) is 20.8 Å². The van der Waals surface area contributed by atoms with E-state index in [9.17, 15) is 13.2 Å². The molecule has 124 valence electrons. The molecule has 6 nitrogen and oxygen atoms in total. The highest BCUT2D eigenvalue weighted by Gasteiger charge is 2.26. The molecular formula is C15H23NO5S. The van der Waals surface area contributed by atoms with Crippen LogP contribution < -0.4 is 9.46 Å². The Morgan fingerprint density at radius 3 is 2.32 bits per heavy atom. The van der Waals surface area contributed by atoms with Gasteiger partial charge in [0.05, 0.1) is 11.5 Å². The Kier molecular flexibility index (Phi) is 6.83. The molecule has 0 bridgehead atoms. The molecule has 0 aromatic heterocycles. The maximum atomic E-state index is 12.2. The van der Waals surface area contributed by atoms with Crippen molar-refractivity contribution in [3.8, 4) is 5.75 Å². The molecule has 0 radical (unpaired) electrons. The maximum absolute atomic E-state index is 12.2. The third-order valence-corrected chi connectivity index (χ3v) is 4.40. The van der Waals surface area contributed by atoms with E-state index in [1.54, 1.807) is 12.1 Å². The van der Waals surface area contributed by atoms with Crippen LogP contribution in [0, 0.1) is 5.92 Å². The van der Waals surface area contributed by atoms with Crippen molar-refractivity contribution in [2.45, 2.75) is 44.6 Å². The summed E-state index contributed by atoms with van der Waals surface area (Å²) in [5.41, 5.74) is 0. The van der Waals surface area contributed by atoms with Crippen LogP contribution in [0.5, 0.6) is 5.75 Å². The summed E-state index contributed by atoms with van der Waals surface area (Å²) in [4.78, 5) is 11.2. The van der Waals surface area contributed by atoms with Gasteiger partial charge < -0.3 is 9.84 Å². The third kappa shape index (κ3) is 5.65. The van der Waals surface area contributed by atoms with Crippen molar-refractivity contribution in [3.63, 3.8) is 0 Å². The topological polar surface area (TPSA) is 92.7 Å². The van der Waals surface area contributed by atoms with Crippen LogP contribution >= 0.6 is 0 Å². The molecule has 0 saturated heterocycles. The first-order valence-corrected chi connectivity index (χ1v) is 8.72. The van der Waals surface area contributed by atoms with Crippen molar-refractivity contribution in [1.82, 2.24) is 4.72 Å². The Labute approximate surface area is 131 Å². The number of hydrogen-bond donors (Lipinski definition) is 2. The van der Waals surface area contributed by atoms with E-state index in [0.717, 1.165) is 6.42 Å². The first-order valence-electron chi connectivity index (χ1n) is 7.24. The molecule has 0 aliphatic carbocycles. The van der Waals surface area contributed by atoms with Crippen LogP contribution in [0.3, 0.4) is 0 Å². The van der Waals surface area contributed by atoms with Gasteiger partial charge in [0, 0.05) is 0 Å². The molecule has 22 heavy (non-hydrogen) atoms. The van der Waals surface area contributed by atoms with Gasteiger partial charge >= 0.3 is 5.97 Å². The first-order chi connectivity index (χ1) is 10.3. The summed E-state index contributed by atoms with van der Waals surface area (Å²) in [6.07, 6.45) is 1.09. The lowest BCUT2D eigenvalue weighted by Crippen LogP contribution is -2.41. The molecule has 0 saturated carbocycles. The summed E-state index contributed by atoms with van der Waals surface area (Å²) < 4.78 is 32.1. The Morgan fingerprint density at radius 1 is 1.27 bits per heavy atom. The Morgan fingerprint density at radius 2 is 1.86 bits per heavy atom. The summed E-state index contributed by atoms with van der Waals surface area (Å²) in [7, 11) is -3.87. The molecule has 0 amide bonds. The minimum Gasteiger partial charge on any atom is -0.494 e. The number of nitrogens with one attached hydrogen (secondary N) is 1. The zero-order chi connectivity index (χ0) is 16.8. The van der Waals surface area contributed by atoms with E-state index < -0.39 is 22.0 Å². The van der Waals surface area contributed by atoms with Crippen molar-refractivity contribution in [2.24, 2.45) is 5.92 Å². The van der Waals surface area contributed by atoms with Gasteiger partial charge in [-0.25, -0.2) is 8.42 Å². The van der Waals surface area contributed by atoms with Gasteiger partial charge in [-0.05, 0) is 43.0 Å². The van der Waals surface area contributed by atoms with Gasteiger partial charge in [-0.3, -0.25) is 4.79 Å². The van der Waals surface area contributed by atoms with Gasteiger partial charge in [-0.15, -0.1) is 0 Å². The quantitative estimate of drug-likeness (QED) is 0.725. The lowest BCUT2D eigenvalue weighted by Gasteiger charge is -2.16. The molecule has 7 heteroatoms. The molecule has 0 unspecified atom stereocenters. The van der Waals surface area contributed by atoms with Gasteiger partial charge in [-0.2, -0.15) is 4.72 Å². The number of aliphatic carboxylic acids is 1. The highest BCUT2D eigenvalue weighted by molar-refractivity contribution is 7.89. The van der Waals surface area contributed by atoms with Crippen LogP contribution in [0.1, 0.15) is 33.6 Å². The standard InChI is InChI=1S/C15H23NO5S/c1-4-9-21-12-5-7-13(8-6-12)22(19,20)16-14(15(17)18)10-11(2)3/h5-8,11,14,16H,4,9-10H2,1-3H3,(H,17,18)/t14-/m1/s1. The zero-order valence-corrected chi connectivity index (χ0v) is 13.9. The second-order valence-electron chi connectivity index (χ2n) is 5.46. The number of sulfonamides is 1. The number of rotatable bonds is 9. The highest BCUT2D eigenvalue weighted by atomic mass is 32.2. The molecule has 1 atom stereocenters. The minimum absolute atomic E-state index is 0.0198. The molecule has 2 N–H and O–H groups in total. The minimum atomic E-state index is -3.87. The highest BCUT2D eigenvalue weighted by Crippen LogP contribution is 2.17. The van der Waals surface area contributed by atoms with Crippen molar-refractivity contribution in [3.05, 3.63) is 24.3 Å². The monoisotopic (exact) mass is 329 g/mol. The van der Waals surface area contributed by atoms with Crippen LogP contribution in [0.2, 0.25) is 0 Å². The van der Waals surface area contributed by atoms with Gasteiger partial charge in [0.25, 0.3) is 0 Å². The van der Waals surface area contributed by atoms with E-state index in [0.29, 0.717) is 12.4 Å². The first kappa shape index (κ1) is 18.4. The Balaban J connectivity index is 2.86. The van der Waals surface area contributed by atoms with E-state index in [4.69, 9.17) is 9.84 Å². The van der Waals surface area contributed by atoms with Crippen molar-refractivity contribution >= 4 is 16.0 Å². The van der Waals surface area contributed by atoms with Gasteiger partial charge in [0.2, 0.25) is 10.0 Å². The predicted octanol–water partition coefficient (Wildman–Crippen LogP) is 2.25. The molecule has 0 fully saturated rings. The number of carboxylic acids is 1. The van der Waals surface area contributed by atoms with E-state index >= 15 is 0 Å². The average molecular weight is 329 g/mol. The lowest BCUT2D eigenvalue weighted by atomic mass is 10.1. The molecule has 1 rings (SSSR count). The lowest BCUT2D eigenvalue weighted by molar-refractivity contribution is -0.139. The fourth-order valence-electron chi connectivity index (χ4n) is 1.86. The largest absolute Gasteiger partial charge is 0.494 e. The smallest absolute Gasteiger partial charge is 0.321 e. The summed E-state index contributed by atoms with van der Waals surface area (Å²) in [5.74, 6) is -0.536. The molecule has 0 aliphatic heterocycles. The molecule has 0 heterocycles. The summed E-state index contributed by atoms with van der Waals surface area (Å²) in [6, 6.07) is 4.79. The van der Waals surface area contributed by atoms with Gasteiger partial charge in [0.15, 0.2) is 0 Å².